The number of anilines is 1. The van der Waals surface area contributed by atoms with Gasteiger partial charge in [-0.15, -0.1) is 28.8 Å². The van der Waals surface area contributed by atoms with Crippen LogP contribution in [0.1, 0.15) is 24.1 Å². The zero-order valence-electron chi connectivity index (χ0n) is 12.9. The topological polar surface area (TPSA) is 50.7 Å². The molecule has 3 heterocycles. The minimum atomic E-state index is -2.57. The van der Waals surface area contributed by atoms with Crippen LogP contribution in [0.4, 0.5) is 14.6 Å². The SMILES string of the molecule is Cc1nc2sc3c(NC4CC(F)(F)C4)nncc3c2c(C)c1Cl.Cl. The van der Waals surface area contributed by atoms with Gasteiger partial charge in [-0.2, -0.15) is 5.10 Å². The summed E-state index contributed by atoms with van der Waals surface area (Å²) in [5, 5.41) is 13.7. The molecule has 128 valence electrons. The summed E-state index contributed by atoms with van der Waals surface area (Å²) in [5.41, 5.74) is 1.73. The number of hydrogen-bond acceptors (Lipinski definition) is 5. The lowest BCUT2D eigenvalue weighted by atomic mass is 9.88. The molecule has 0 spiro atoms. The normalized spacial score (nSPS) is 16.9. The quantitative estimate of drug-likeness (QED) is 0.657. The van der Waals surface area contributed by atoms with Crippen molar-refractivity contribution in [1.82, 2.24) is 15.2 Å². The summed E-state index contributed by atoms with van der Waals surface area (Å²) in [6, 6.07) is -0.269. The largest absolute Gasteiger partial charge is 0.364 e. The molecule has 24 heavy (non-hydrogen) atoms. The molecule has 0 atom stereocenters. The zero-order chi connectivity index (χ0) is 16.4. The second-order valence-corrected chi connectivity index (χ2v) is 7.34. The third-order valence-corrected chi connectivity index (χ3v) is 5.87. The van der Waals surface area contributed by atoms with E-state index in [4.69, 9.17) is 11.6 Å². The zero-order valence-corrected chi connectivity index (χ0v) is 15.2. The maximum Gasteiger partial charge on any atom is 0.252 e. The molecule has 0 bridgehead atoms. The maximum absolute atomic E-state index is 13.0. The van der Waals surface area contributed by atoms with Crippen LogP contribution in [0.5, 0.6) is 0 Å². The van der Waals surface area contributed by atoms with Gasteiger partial charge in [0.2, 0.25) is 0 Å². The molecule has 0 unspecified atom stereocenters. The molecule has 0 aromatic carbocycles. The Hall–Kier alpha value is -1.31. The van der Waals surface area contributed by atoms with Gasteiger partial charge in [0.05, 0.1) is 21.6 Å². The highest BCUT2D eigenvalue weighted by atomic mass is 35.5. The van der Waals surface area contributed by atoms with E-state index in [1.54, 1.807) is 6.20 Å². The van der Waals surface area contributed by atoms with Crippen LogP contribution in [-0.4, -0.2) is 27.1 Å². The van der Waals surface area contributed by atoms with Gasteiger partial charge < -0.3 is 5.32 Å². The Morgan fingerprint density at radius 1 is 1.33 bits per heavy atom. The van der Waals surface area contributed by atoms with Crippen molar-refractivity contribution in [3.05, 3.63) is 22.5 Å². The van der Waals surface area contributed by atoms with E-state index in [2.05, 4.69) is 20.5 Å². The standard InChI is InChI=1S/C15H13ClF2N4S.ClH/c1-6-10-9-5-19-22-13(21-8-3-15(17,18)4-8)12(9)23-14(10)20-7(2)11(6)16;/h5,8H,3-4H2,1-2H3,(H,21,22);1H. The van der Waals surface area contributed by atoms with Crippen LogP contribution in [0.25, 0.3) is 20.3 Å². The molecule has 3 aromatic rings. The number of nitrogens with one attached hydrogen (secondary N) is 1. The van der Waals surface area contributed by atoms with Gasteiger partial charge in [-0.3, -0.25) is 0 Å². The Balaban J connectivity index is 0.00000169. The van der Waals surface area contributed by atoms with Crippen molar-refractivity contribution in [2.24, 2.45) is 0 Å². The van der Waals surface area contributed by atoms with E-state index in [1.807, 2.05) is 13.8 Å². The number of halogens is 4. The fourth-order valence-electron chi connectivity index (χ4n) is 2.99. The Labute approximate surface area is 152 Å². The van der Waals surface area contributed by atoms with E-state index in [0.717, 1.165) is 31.6 Å². The van der Waals surface area contributed by atoms with Crippen LogP contribution in [0.3, 0.4) is 0 Å². The molecular weight excluding hydrogens is 377 g/mol. The van der Waals surface area contributed by atoms with E-state index in [-0.39, 0.29) is 31.3 Å². The third-order valence-electron chi connectivity index (χ3n) is 4.21. The van der Waals surface area contributed by atoms with Gasteiger partial charge in [0.1, 0.15) is 4.83 Å². The number of aryl methyl sites for hydroxylation is 2. The number of pyridine rings is 1. The van der Waals surface area contributed by atoms with Gasteiger partial charge in [-0.25, -0.2) is 13.8 Å². The summed E-state index contributed by atoms with van der Waals surface area (Å²) >= 11 is 7.79. The van der Waals surface area contributed by atoms with Crippen LogP contribution < -0.4 is 5.32 Å². The fourth-order valence-corrected chi connectivity index (χ4v) is 4.33. The number of rotatable bonds is 2. The van der Waals surface area contributed by atoms with Crippen molar-refractivity contribution < 1.29 is 8.78 Å². The van der Waals surface area contributed by atoms with Crippen LogP contribution in [0.2, 0.25) is 5.02 Å². The summed E-state index contributed by atoms with van der Waals surface area (Å²) in [4.78, 5) is 5.39. The predicted octanol–water partition coefficient (Wildman–Crippen LogP) is 5.14. The highest BCUT2D eigenvalue weighted by Crippen LogP contribution is 2.42. The molecule has 1 aliphatic rings. The fraction of sp³-hybridized carbons (Fsp3) is 0.400. The summed E-state index contributed by atoms with van der Waals surface area (Å²) in [5.74, 6) is -2.03. The van der Waals surface area contributed by atoms with Crippen LogP contribution >= 0.6 is 35.3 Å². The third kappa shape index (κ3) is 2.68. The molecule has 0 amide bonds. The van der Waals surface area contributed by atoms with Crippen molar-refractivity contribution in [3.8, 4) is 0 Å². The van der Waals surface area contributed by atoms with Crippen LogP contribution in [0, 0.1) is 13.8 Å². The minimum absolute atomic E-state index is 0. The predicted molar refractivity (Wildman–Crippen MR) is 96.0 cm³/mol. The van der Waals surface area contributed by atoms with Crippen molar-refractivity contribution in [2.45, 2.75) is 38.7 Å². The first-order valence-corrected chi connectivity index (χ1v) is 8.40. The van der Waals surface area contributed by atoms with Gasteiger partial charge in [-0.05, 0) is 19.4 Å². The van der Waals surface area contributed by atoms with Gasteiger partial charge in [0.25, 0.3) is 5.92 Å². The van der Waals surface area contributed by atoms with E-state index in [9.17, 15) is 8.78 Å². The summed E-state index contributed by atoms with van der Waals surface area (Å²) in [6.45, 7) is 3.82. The first kappa shape index (κ1) is 17.5. The lowest BCUT2D eigenvalue weighted by molar-refractivity contribution is -0.0793. The second-order valence-electron chi connectivity index (χ2n) is 5.96. The van der Waals surface area contributed by atoms with E-state index in [1.165, 1.54) is 11.3 Å². The van der Waals surface area contributed by atoms with Gasteiger partial charge in [-0.1, -0.05) is 11.6 Å². The molecule has 9 heteroatoms. The smallest absolute Gasteiger partial charge is 0.252 e. The lowest BCUT2D eigenvalue weighted by Crippen LogP contribution is -2.44. The summed E-state index contributed by atoms with van der Waals surface area (Å²) in [7, 11) is 0. The number of hydrogen-bond donors (Lipinski definition) is 1. The molecule has 1 fully saturated rings. The minimum Gasteiger partial charge on any atom is -0.364 e. The number of thiophene rings is 1. The van der Waals surface area contributed by atoms with Crippen molar-refractivity contribution >= 4 is 61.5 Å². The molecule has 1 N–H and O–H groups in total. The first-order valence-electron chi connectivity index (χ1n) is 7.21. The highest BCUT2D eigenvalue weighted by Gasteiger charge is 2.45. The van der Waals surface area contributed by atoms with E-state index < -0.39 is 5.92 Å². The first-order chi connectivity index (χ1) is 10.9. The highest BCUT2D eigenvalue weighted by molar-refractivity contribution is 7.26. The molecule has 0 saturated heterocycles. The summed E-state index contributed by atoms with van der Waals surface area (Å²) < 4.78 is 26.9. The van der Waals surface area contributed by atoms with Crippen molar-refractivity contribution in [3.63, 3.8) is 0 Å². The average molecular weight is 391 g/mol. The van der Waals surface area contributed by atoms with Crippen LogP contribution in [-0.2, 0) is 0 Å². The Morgan fingerprint density at radius 3 is 2.71 bits per heavy atom. The van der Waals surface area contributed by atoms with Gasteiger partial charge >= 0.3 is 0 Å². The molecular formula is C15H14Cl2F2N4S. The molecule has 0 radical (unpaired) electrons. The van der Waals surface area contributed by atoms with Gasteiger partial charge in [0, 0.05) is 29.7 Å². The average Bonchev–Trinajstić information content (AvgIpc) is 2.82. The number of nitrogens with zero attached hydrogens (tertiary/aromatic N) is 3. The lowest BCUT2D eigenvalue weighted by Gasteiger charge is -2.35. The molecule has 4 nitrogen and oxygen atoms in total. The number of alkyl halides is 2. The Morgan fingerprint density at radius 2 is 2.04 bits per heavy atom. The van der Waals surface area contributed by atoms with Crippen LogP contribution in [0.15, 0.2) is 6.20 Å². The molecule has 3 aromatic heterocycles. The Kier molecular flexibility index (Phi) is 4.30. The van der Waals surface area contributed by atoms with Crippen molar-refractivity contribution in [2.75, 3.05) is 5.32 Å². The van der Waals surface area contributed by atoms with Crippen molar-refractivity contribution in [1.29, 1.82) is 0 Å². The summed E-state index contributed by atoms with van der Waals surface area (Å²) in [6.07, 6.45) is 1.34. The number of fused-ring (bicyclic) bond motifs is 3. The molecule has 0 aliphatic heterocycles. The molecule has 1 aliphatic carbocycles. The molecule has 4 rings (SSSR count). The monoisotopic (exact) mass is 390 g/mol. The van der Waals surface area contributed by atoms with E-state index >= 15 is 0 Å². The number of aromatic nitrogens is 3. The second kappa shape index (κ2) is 5.89. The van der Waals surface area contributed by atoms with Gasteiger partial charge in [0.15, 0.2) is 5.82 Å². The van der Waals surface area contributed by atoms with E-state index in [0.29, 0.717) is 10.8 Å². The Bertz CT molecular complexity index is 936. The maximum atomic E-state index is 13.0. The molecule has 1 saturated carbocycles.